The molecule has 92 valence electrons. The summed E-state index contributed by atoms with van der Waals surface area (Å²) in [6, 6.07) is 0.622. The first-order valence-corrected chi connectivity index (χ1v) is 7.42. The summed E-state index contributed by atoms with van der Waals surface area (Å²) in [7, 11) is 0. The first-order chi connectivity index (χ1) is 8.24. The zero-order valence-corrected chi connectivity index (χ0v) is 11.3. The molecule has 0 spiro atoms. The highest BCUT2D eigenvalue weighted by Crippen LogP contribution is 2.44. The van der Waals surface area contributed by atoms with Gasteiger partial charge in [0.2, 0.25) is 0 Å². The van der Waals surface area contributed by atoms with Crippen LogP contribution in [0.3, 0.4) is 0 Å². The molecule has 0 saturated heterocycles. The second-order valence-corrected chi connectivity index (χ2v) is 6.41. The van der Waals surface area contributed by atoms with Crippen molar-refractivity contribution < 1.29 is 0 Å². The van der Waals surface area contributed by atoms with E-state index in [0.29, 0.717) is 6.04 Å². The van der Waals surface area contributed by atoms with Gasteiger partial charge in [-0.15, -0.1) is 11.3 Å². The Kier molecular flexibility index (Phi) is 3.05. The van der Waals surface area contributed by atoms with Crippen LogP contribution in [0.5, 0.6) is 0 Å². The first kappa shape index (κ1) is 11.4. The van der Waals surface area contributed by atoms with Crippen LogP contribution in [0, 0.1) is 24.7 Å². The molecule has 17 heavy (non-hydrogen) atoms. The van der Waals surface area contributed by atoms with Crippen LogP contribution in [-0.2, 0) is 6.54 Å². The number of nitrogens with one attached hydrogen (secondary N) is 1. The Morgan fingerprint density at radius 1 is 1.47 bits per heavy atom. The SMILES string of the molecule is Cc1ncsc1CNC(C)C1CC2C=CC1C2. The van der Waals surface area contributed by atoms with E-state index in [2.05, 4.69) is 36.3 Å². The maximum absolute atomic E-state index is 4.30. The highest BCUT2D eigenvalue weighted by molar-refractivity contribution is 7.09. The number of thiazole rings is 1. The fraction of sp³-hybridized carbons (Fsp3) is 0.643. The average molecular weight is 248 g/mol. The van der Waals surface area contributed by atoms with Crippen molar-refractivity contribution in [1.82, 2.24) is 10.3 Å². The molecule has 0 aliphatic heterocycles. The molecule has 4 atom stereocenters. The number of allylic oxidation sites excluding steroid dienone is 2. The fourth-order valence-corrected chi connectivity index (χ4v) is 4.03. The summed E-state index contributed by atoms with van der Waals surface area (Å²) in [5.41, 5.74) is 3.12. The van der Waals surface area contributed by atoms with Crippen molar-refractivity contribution in [2.24, 2.45) is 17.8 Å². The van der Waals surface area contributed by atoms with Crippen LogP contribution in [0.1, 0.15) is 30.3 Å². The van der Waals surface area contributed by atoms with Gasteiger partial charge in [-0.2, -0.15) is 0 Å². The summed E-state index contributed by atoms with van der Waals surface area (Å²) in [6.45, 7) is 5.42. The van der Waals surface area contributed by atoms with Crippen molar-refractivity contribution in [2.45, 2.75) is 39.3 Å². The smallest absolute Gasteiger partial charge is 0.0798 e. The zero-order valence-electron chi connectivity index (χ0n) is 10.5. The summed E-state index contributed by atoms with van der Waals surface area (Å²) >= 11 is 1.76. The standard InChI is InChI=1S/C14H20N2S/c1-9(13-6-11-3-4-12(13)5-11)15-7-14-10(2)16-8-17-14/h3-4,8-9,11-13,15H,5-7H2,1-2H3. The van der Waals surface area contributed by atoms with E-state index in [4.69, 9.17) is 0 Å². The van der Waals surface area contributed by atoms with Crippen molar-refractivity contribution in [1.29, 1.82) is 0 Å². The van der Waals surface area contributed by atoms with E-state index in [9.17, 15) is 0 Å². The molecular formula is C14H20N2S. The van der Waals surface area contributed by atoms with Gasteiger partial charge in [-0.05, 0) is 44.4 Å². The molecule has 0 aromatic carbocycles. The number of hydrogen-bond donors (Lipinski definition) is 1. The van der Waals surface area contributed by atoms with E-state index in [1.807, 2.05) is 5.51 Å². The molecule has 2 aliphatic carbocycles. The number of aryl methyl sites for hydroxylation is 1. The van der Waals surface area contributed by atoms with E-state index >= 15 is 0 Å². The van der Waals surface area contributed by atoms with Gasteiger partial charge in [0, 0.05) is 17.5 Å². The second-order valence-electron chi connectivity index (χ2n) is 5.47. The molecule has 2 nitrogen and oxygen atoms in total. The maximum Gasteiger partial charge on any atom is 0.0798 e. The number of hydrogen-bond acceptors (Lipinski definition) is 3. The quantitative estimate of drug-likeness (QED) is 0.828. The van der Waals surface area contributed by atoms with Gasteiger partial charge >= 0.3 is 0 Å². The van der Waals surface area contributed by atoms with Gasteiger partial charge in [0.15, 0.2) is 0 Å². The molecule has 1 heterocycles. The Morgan fingerprint density at radius 3 is 2.94 bits per heavy atom. The van der Waals surface area contributed by atoms with Gasteiger partial charge in [0.1, 0.15) is 0 Å². The summed E-state index contributed by atoms with van der Waals surface area (Å²) in [6.07, 6.45) is 7.64. The average Bonchev–Trinajstić information content (AvgIpc) is 3.01. The molecule has 1 saturated carbocycles. The van der Waals surface area contributed by atoms with Gasteiger partial charge in [0.25, 0.3) is 0 Å². The highest BCUT2D eigenvalue weighted by atomic mass is 32.1. The molecule has 4 unspecified atom stereocenters. The van der Waals surface area contributed by atoms with Gasteiger partial charge in [-0.25, -0.2) is 4.98 Å². The lowest BCUT2D eigenvalue weighted by molar-refractivity contribution is 0.327. The van der Waals surface area contributed by atoms with Gasteiger partial charge in [0.05, 0.1) is 11.2 Å². The molecule has 1 aromatic heterocycles. The summed E-state index contributed by atoms with van der Waals surface area (Å²) in [5, 5.41) is 3.69. The molecule has 2 aliphatic rings. The first-order valence-electron chi connectivity index (χ1n) is 6.54. The van der Waals surface area contributed by atoms with Crippen LogP contribution in [0.25, 0.3) is 0 Å². The van der Waals surface area contributed by atoms with E-state index in [0.717, 1.165) is 24.3 Å². The lowest BCUT2D eigenvalue weighted by atomic mass is 9.87. The largest absolute Gasteiger partial charge is 0.309 e. The highest BCUT2D eigenvalue weighted by Gasteiger charge is 2.38. The normalized spacial score (nSPS) is 32.2. The Hall–Kier alpha value is -0.670. The lowest BCUT2D eigenvalue weighted by Crippen LogP contribution is -2.35. The fourth-order valence-electron chi connectivity index (χ4n) is 3.30. The summed E-state index contributed by atoms with van der Waals surface area (Å²) < 4.78 is 0. The molecule has 1 aromatic rings. The van der Waals surface area contributed by atoms with Gasteiger partial charge < -0.3 is 5.32 Å². The van der Waals surface area contributed by atoms with Crippen LogP contribution >= 0.6 is 11.3 Å². The molecule has 3 heteroatoms. The Labute approximate surface area is 107 Å². The minimum absolute atomic E-state index is 0.622. The summed E-state index contributed by atoms with van der Waals surface area (Å²) in [5.74, 6) is 2.56. The molecule has 0 radical (unpaired) electrons. The van der Waals surface area contributed by atoms with Crippen molar-refractivity contribution in [3.8, 4) is 0 Å². The van der Waals surface area contributed by atoms with Gasteiger partial charge in [-0.3, -0.25) is 0 Å². The van der Waals surface area contributed by atoms with E-state index < -0.39 is 0 Å². The predicted molar refractivity (Wildman–Crippen MR) is 72.0 cm³/mol. The predicted octanol–water partition coefficient (Wildman–Crippen LogP) is 3.14. The Morgan fingerprint density at radius 2 is 2.35 bits per heavy atom. The van der Waals surface area contributed by atoms with Crippen molar-refractivity contribution >= 4 is 11.3 Å². The second kappa shape index (κ2) is 4.54. The monoisotopic (exact) mass is 248 g/mol. The third-order valence-corrected chi connectivity index (χ3v) is 5.34. The van der Waals surface area contributed by atoms with Crippen molar-refractivity contribution in [2.75, 3.05) is 0 Å². The van der Waals surface area contributed by atoms with Crippen molar-refractivity contribution in [3.05, 3.63) is 28.2 Å². The van der Waals surface area contributed by atoms with E-state index in [1.54, 1.807) is 11.3 Å². The minimum Gasteiger partial charge on any atom is -0.309 e. The molecular weight excluding hydrogens is 228 g/mol. The van der Waals surface area contributed by atoms with Gasteiger partial charge in [-0.1, -0.05) is 12.2 Å². The number of rotatable bonds is 4. The van der Waals surface area contributed by atoms with Crippen molar-refractivity contribution in [3.63, 3.8) is 0 Å². The van der Waals surface area contributed by atoms with Crippen LogP contribution in [-0.4, -0.2) is 11.0 Å². The van der Waals surface area contributed by atoms with E-state index in [-0.39, 0.29) is 0 Å². The molecule has 1 fully saturated rings. The summed E-state index contributed by atoms with van der Waals surface area (Å²) in [4.78, 5) is 5.68. The van der Waals surface area contributed by atoms with Crippen LogP contribution in [0.2, 0.25) is 0 Å². The molecule has 2 bridgehead atoms. The van der Waals surface area contributed by atoms with Crippen LogP contribution in [0.15, 0.2) is 17.7 Å². The third kappa shape index (κ3) is 2.18. The topological polar surface area (TPSA) is 24.9 Å². The molecule has 3 rings (SSSR count). The number of nitrogens with zero attached hydrogens (tertiary/aromatic N) is 1. The minimum atomic E-state index is 0.622. The van der Waals surface area contributed by atoms with Crippen LogP contribution < -0.4 is 5.32 Å². The molecule has 1 N–H and O–H groups in total. The van der Waals surface area contributed by atoms with Crippen LogP contribution in [0.4, 0.5) is 0 Å². The number of fused-ring (bicyclic) bond motifs is 2. The molecule has 0 amide bonds. The van der Waals surface area contributed by atoms with E-state index in [1.165, 1.54) is 23.4 Å². The Bertz CT molecular complexity index is 424. The maximum atomic E-state index is 4.30. The zero-order chi connectivity index (χ0) is 11.8. The Balaban J connectivity index is 1.56. The number of aromatic nitrogens is 1. The lowest BCUT2D eigenvalue weighted by Gasteiger charge is -2.26. The third-order valence-electron chi connectivity index (χ3n) is 4.40.